The fraction of sp³-hybridized carbons (Fsp3) is 0.500. The third-order valence-corrected chi connectivity index (χ3v) is 6.65. The van der Waals surface area contributed by atoms with Crippen molar-refractivity contribution in [3.63, 3.8) is 0 Å². The number of ether oxygens (including phenoxy) is 4. The number of carbonyl (C=O) groups is 1. The minimum atomic E-state index is -0.482. The van der Waals surface area contributed by atoms with Crippen molar-refractivity contribution in [3.05, 3.63) is 38.5 Å². The quantitative estimate of drug-likeness (QED) is 0.378. The minimum absolute atomic E-state index is 0.222. The molecule has 0 aliphatic carbocycles. The first-order chi connectivity index (χ1) is 17.7. The highest BCUT2D eigenvalue weighted by molar-refractivity contribution is 5.91. The topological polar surface area (TPSA) is 122 Å². The Morgan fingerprint density at radius 2 is 1.51 bits per heavy atom. The van der Waals surface area contributed by atoms with Crippen LogP contribution in [-0.4, -0.2) is 90.2 Å². The van der Waals surface area contributed by atoms with E-state index in [1.807, 2.05) is 0 Å². The van der Waals surface area contributed by atoms with E-state index >= 15 is 0 Å². The standard InChI is InChI=1S/C24H32N6O7/c1-26-18-20(27(2)24(33)28(3)21(18)31)25-23(26)30-9-7-29(8-10-30)11-12-37-22(32)15-13-16(34-4)19(36-6)17(14-15)35-5/h13-14H,7-12H2,1-6H3. The monoisotopic (exact) mass is 516 g/mol. The Morgan fingerprint density at radius 1 is 0.892 bits per heavy atom. The number of aryl methyl sites for hydroxylation is 2. The van der Waals surface area contributed by atoms with Gasteiger partial charge in [0.25, 0.3) is 5.56 Å². The summed E-state index contributed by atoms with van der Waals surface area (Å²) in [5.41, 5.74) is 0.286. The number of methoxy groups -OCH3 is 3. The molecular formula is C24H32N6O7. The maximum Gasteiger partial charge on any atom is 0.338 e. The molecule has 1 saturated heterocycles. The second-order valence-corrected chi connectivity index (χ2v) is 8.73. The van der Waals surface area contributed by atoms with Crippen molar-refractivity contribution in [2.75, 3.05) is 65.6 Å². The molecular weight excluding hydrogens is 484 g/mol. The molecule has 0 atom stereocenters. The second-order valence-electron chi connectivity index (χ2n) is 8.73. The van der Waals surface area contributed by atoms with E-state index < -0.39 is 11.7 Å². The van der Waals surface area contributed by atoms with Crippen LogP contribution in [0.25, 0.3) is 11.2 Å². The minimum Gasteiger partial charge on any atom is -0.493 e. The highest BCUT2D eigenvalue weighted by atomic mass is 16.5. The van der Waals surface area contributed by atoms with Gasteiger partial charge in [0.1, 0.15) is 6.61 Å². The summed E-state index contributed by atoms with van der Waals surface area (Å²) in [6, 6.07) is 3.12. The van der Waals surface area contributed by atoms with E-state index in [-0.39, 0.29) is 12.2 Å². The molecule has 1 aromatic carbocycles. The van der Waals surface area contributed by atoms with Crippen molar-refractivity contribution in [1.29, 1.82) is 0 Å². The van der Waals surface area contributed by atoms with Crippen LogP contribution in [0.4, 0.5) is 5.95 Å². The molecule has 4 rings (SSSR count). The van der Waals surface area contributed by atoms with Crippen molar-refractivity contribution in [1.82, 2.24) is 23.6 Å². The fourth-order valence-corrected chi connectivity index (χ4v) is 4.51. The van der Waals surface area contributed by atoms with Gasteiger partial charge in [0, 0.05) is 53.9 Å². The Hall–Kier alpha value is -4.00. The molecule has 2 aromatic heterocycles. The van der Waals surface area contributed by atoms with Crippen LogP contribution in [0, 0.1) is 0 Å². The van der Waals surface area contributed by atoms with Crippen LogP contribution in [0.15, 0.2) is 21.7 Å². The van der Waals surface area contributed by atoms with E-state index in [2.05, 4.69) is 14.8 Å². The van der Waals surface area contributed by atoms with E-state index in [0.29, 0.717) is 59.6 Å². The molecule has 3 aromatic rings. The number of benzene rings is 1. The Morgan fingerprint density at radius 3 is 2.08 bits per heavy atom. The first-order valence-corrected chi connectivity index (χ1v) is 11.8. The molecule has 0 bridgehead atoms. The summed E-state index contributed by atoms with van der Waals surface area (Å²) in [5, 5.41) is 0. The lowest BCUT2D eigenvalue weighted by atomic mass is 10.2. The third-order valence-electron chi connectivity index (χ3n) is 6.65. The maximum absolute atomic E-state index is 12.7. The van der Waals surface area contributed by atoms with E-state index in [1.54, 1.807) is 30.8 Å². The Bertz CT molecular complexity index is 1410. The lowest BCUT2D eigenvalue weighted by Gasteiger charge is -2.35. The Labute approximate surface area is 213 Å². The summed E-state index contributed by atoms with van der Waals surface area (Å²) in [6.45, 7) is 3.59. The molecule has 37 heavy (non-hydrogen) atoms. The van der Waals surface area contributed by atoms with Gasteiger partial charge in [-0.05, 0) is 12.1 Å². The Kier molecular flexibility index (Phi) is 7.43. The number of hydrogen-bond acceptors (Lipinski definition) is 10. The van der Waals surface area contributed by atoms with Crippen molar-refractivity contribution in [3.8, 4) is 17.2 Å². The van der Waals surface area contributed by atoms with Gasteiger partial charge in [0.15, 0.2) is 22.7 Å². The summed E-state index contributed by atoms with van der Waals surface area (Å²) in [5.74, 6) is 1.32. The van der Waals surface area contributed by atoms with E-state index in [0.717, 1.165) is 17.7 Å². The smallest absolute Gasteiger partial charge is 0.338 e. The molecule has 1 aliphatic rings. The molecule has 0 spiro atoms. The van der Waals surface area contributed by atoms with Crippen LogP contribution in [-0.2, 0) is 25.9 Å². The second kappa shape index (κ2) is 10.5. The maximum atomic E-state index is 12.7. The predicted molar refractivity (Wildman–Crippen MR) is 136 cm³/mol. The largest absolute Gasteiger partial charge is 0.493 e. The molecule has 0 N–H and O–H groups in total. The zero-order valence-electron chi connectivity index (χ0n) is 21.9. The van der Waals surface area contributed by atoms with E-state index in [1.165, 1.54) is 32.9 Å². The molecule has 13 nitrogen and oxygen atoms in total. The van der Waals surface area contributed by atoms with Gasteiger partial charge in [0.2, 0.25) is 11.7 Å². The van der Waals surface area contributed by atoms with Crippen molar-refractivity contribution >= 4 is 23.1 Å². The number of fused-ring (bicyclic) bond motifs is 1. The third kappa shape index (κ3) is 4.73. The first kappa shape index (κ1) is 26.1. The fourth-order valence-electron chi connectivity index (χ4n) is 4.51. The summed E-state index contributed by atoms with van der Waals surface area (Å²) < 4.78 is 25.6. The average molecular weight is 517 g/mol. The number of nitrogens with zero attached hydrogens (tertiary/aromatic N) is 6. The van der Waals surface area contributed by atoms with Gasteiger partial charge >= 0.3 is 11.7 Å². The number of carbonyl (C=O) groups excluding carboxylic acids is 1. The summed E-state index contributed by atoms with van der Waals surface area (Å²) in [6.07, 6.45) is 0. The Balaban J connectivity index is 1.36. The van der Waals surface area contributed by atoms with Crippen LogP contribution in [0.3, 0.4) is 0 Å². The van der Waals surface area contributed by atoms with Gasteiger partial charge in [-0.15, -0.1) is 0 Å². The number of esters is 1. The zero-order valence-corrected chi connectivity index (χ0v) is 21.9. The number of anilines is 1. The molecule has 0 radical (unpaired) electrons. The highest BCUT2D eigenvalue weighted by Gasteiger charge is 2.24. The molecule has 1 fully saturated rings. The van der Waals surface area contributed by atoms with E-state index in [4.69, 9.17) is 18.9 Å². The van der Waals surface area contributed by atoms with Gasteiger partial charge in [0.05, 0.1) is 26.9 Å². The van der Waals surface area contributed by atoms with Crippen molar-refractivity contribution in [2.45, 2.75) is 0 Å². The zero-order chi connectivity index (χ0) is 26.9. The number of aromatic nitrogens is 4. The number of imidazole rings is 1. The first-order valence-electron chi connectivity index (χ1n) is 11.8. The van der Waals surface area contributed by atoms with Crippen molar-refractivity contribution in [2.24, 2.45) is 21.1 Å². The van der Waals surface area contributed by atoms with Crippen LogP contribution in [0.2, 0.25) is 0 Å². The molecule has 3 heterocycles. The summed E-state index contributed by atoms with van der Waals surface area (Å²) in [4.78, 5) is 46.4. The highest BCUT2D eigenvalue weighted by Crippen LogP contribution is 2.38. The van der Waals surface area contributed by atoms with Crippen LogP contribution < -0.4 is 30.4 Å². The number of hydrogen-bond donors (Lipinski definition) is 0. The van der Waals surface area contributed by atoms with Crippen LogP contribution >= 0.6 is 0 Å². The van der Waals surface area contributed by atoms with E-state index in [9.17, 15) is 14.4 Å². The SMILES string of the molecule is COc1cc(C(=O)OCCN2CCN(c3nc4c(c(=O)n(C)c(=O)n4C)n3C)CC2)cc(OC)c1OC. The number of rotatable bonds is 8. The predicted octanol–water partition coefficient (Wildman–Crippen LogP) is -0.0245. The van der Waals surface area contributed by atoms with Gasteiger partial charge in [-0.2, -0.15) is 4.98 Å². The normalized spacial score (nSPS) is 14.2. The molecule has 0 unspecified atom stereocenters. The van der Waals surface area contributed by atoms with Crippen molar-refractivity contribution < 1.29 is 23.7 Å². The van der Waals surface area contributed by atoms with Crippen LogP contribution in [0.5, 0.6) is 17.2 Å². The number of piperazine rings is 1. The summed E-state index contributed by atoms with van der Waals surface area (Å²) >= 11 is 0. The lowest BCUT2D eigenvalue weighted by Crippen LogP contribution is -2.48. The average Bonchev–Trinajstić information content (AvgIpc) is 3.27. The van der Waals surface area contributed by atoms with Crippen LogP contribution in [0.1, 0.15) is 10.4 Å². The lowest BCUT2D eigenvalue weighted by molar-refractivity contribution is 0.0458. The molecule has 0 amide bonds. The molecule has 200 valence electrons. The summed E-state index contributed by atoms with van der Waals surface area (Å²) in [7, 11) is 9.33. The van der Waals surface area contributed by atoms with Gasteiger partial charge < -0.3 is 28.4 Å². The molecule has 0 saturated carbocycles. The van der Waals surface area contributed by atoms with Gasteiger partial charge in [-0.3, -0.25) is 18.8 Å². The molecule has 1 aliphatic heterocycles. The molecule has 13 heteroatoms. The van der Waals surface area contributed by atoms with Gasteiger partial charge in [-0.1, -0.05) is 0 Å². The van der Waals surface area contributed by atoms with Gasteiger partial charge in [-0.25, -0.2) is 9.59 Å².